The molecular formula is C13H15N3O2. The molecule has 0 radical (unpaired) electrons. The molecule has 0 aliphatic rings. The van der Waals surface area contributed by atoms with Gasteiger partial charge in [-0.05, 0) is 18.2 Å². The van der Waals surface area contributed by atoms with Crippen LogP contribution < -0.4 is 15.2 Å². The van der Waals surface area contributed by atoms with Crippen LogP contribution in [0.1, 0.15) is 17.3 Å². The van der Waals surface area contributed by atoms with E-state index >= 15 is 0 Å². The first-order valence-electron chi connectivity index (χ1n) is 5.49. The average molecular weight is 245 g/mol. The molecule has 1 atom stereocenters. The molecule has 1 heterocycles. The van der Waals surface area contributed by atoms with Crippen molar-refractivity contribution in [2.24, 2.45) is 5.73 Å². The van der Waals surface area contributed by atoms with Crippen LogP contribution in [0.25, 0.3) is 0 Å². The Morgan fingerprint density at radius 1 is 1.17 bits per heavy atom. The number of rotatable bonds is 4. The van der Waals surface area contributed by atoms with Gasteiger partial charge in [0.15, 0.2) is 0 Å². The second-order valence-corrected chi connectivity index (χ2v) is 3.72. The second kappa shape index (κ2) is 5.46. The van der Waals surface area contributed by atoms with Crippen molar-refractivity contribution in [1.29, 1.82) is 0 Å². The predicted molar refractivity (Wildman–Crippen MR) is 67.6 cm³/mol. The van der Waals surface area contributed by atoms with E-state index in [1.807, 2.05) is 12.1 Å². The Bertz CT molecular complexity index is 517. The Balaban J connectivity index is 2.38. The van der Waals surface area contributed by atoms with Crippen LogP contribution in [0.3, 0.4) is 0 Å². The topological polar surface area (TPSA) is 70.3 Å². The smallest absolute Gasteiger partial charge is 0.127 e. The van der Waals surface area contributed by atoms with Crippen LogP contribution in [0.15, 0.2) is 36.8 Å². The quantitative estimate of drug-likeness (QED) is 0.884. The minimum absolute atomic E-state index is 0.353. The van der Waals surface area contributed by atoms with Crippen LogP contribution in [0, 0.1) is 0 Å². The van der Waals surface area contributed by atoms with E-state index in [2.05, 4.69) is 9.97 Å². The lowest BCUT2D eigenvalue weighted by Gasteiger charge is -2.15. The highest BCUT2D eigenvalue weighted by molar-refractivity contribution is 5.44. The van der Waals surface area contributed by atoms with Gasteiger partial charge in [-0.25, -0.2) is 9.97 Å². The maximum atomic E-state index is 6.17. The number of nitrogens with zero attached hydrogens (tertiary/aromatic N) is 2. The largest absolute Gasteiger partial charge is 0.497 e. The Kier molecular flexibility index (Phi) is 3.74. The molecule has 0 spiro atoms. The van der Waals surface area contributed by atoms with Gasteiger partial charge in [-0.3, -0.25) is 0 Å². The van der Waals surface area contributed by atoms with Gasteiger partial charge in [-0.1, -0.05) is 0 Å². The fraction of sp³-hybridized carbons (Fsp3) is 0.231. The zero-order chi connectivity index (χ0) is 13.0. The fourth-order valence-electron chi connectivity index (χ4n) is 1.72. The summed E-state index contributed by atoms with van der Waals surface area (Å²) in [5, 5.41) is 0. The molecule has 1 aromatic heterocycles. The minimum atomic E-state index is -0.353. The summed E-state index contributed by atoms with van der Waals surface area (Å²) < 4.78 is 10.5. The first-order valence-corrected chi connectivity index (χ1v) is 5.49. The van der Waals surface area contributed by atoms with Crippen LogP contribution in [0.4, 0.5) is 0 Å². The van der Waals surface area contributed by atoms with Gasteiger partial charge < -0.3 is 15.2 Å². The summed E-state index contributed by atoms with van der Waals surface area (Å²) in [5.41, 5.74) is 7.78. The van der Waals surface area contributed by atoms with Crippen molar-refractivity contribution in [1.82, 2.24) is 9.97 Å². The number of hydrogen-bond donors (Lipinski definition) is 1. The minimum Gasteiger partial charge on any atom is -0.497 e. The SMILES string of the molecule is COc1ccc(C(N)c2ccncn2)c(OC)c1. The lowest BCUT2D eigenvalue weighted by Crippen LogP contribution is -2.14. The number of methoxy groups -OCH3 is 2. The van der Waals surface area contributed by atoms with Crippen molar-refractivity contribution in [2.45, 2.75) is 6.04 Å². The fourth-order valence-corrected chi connectivity index (χ4v) is 1.72. The molecule has 2 aromatic rings. The lowest BCUT2D eigenvalue weighted by molar-refractivity contribution is 0.389. The van der Waals surface area contributed by atoms with Crippen molar-refractivity contribution < 1.29 is 9.47 Å². The number of benzene rings is 1. The Morgan fingerprint density at radius 2 is 2.00 bits per heavy atom. The van der Waals surface area contributed by atoms with E-state index in [4.69, 9.17) is 15.2 Å². The van der Waals surface area contributed by atoms with E-state index in [-0.39, 0.29) is 6.04 Å². The van der Waals surface area contributed by atoms with E-state index in [9.17, 15) is 0 Å². The van der Waals surface area contributed by atoms with E-state index < -0.39 is 0 Å². The van der Waals surface area contributed by atoms with Gasteiger partial charge >= 0.3 is 0 Å². The van der Waals surface area contributed by atoms with Crippen LogP contribution in [0.5, 0.6) is 11.5 Å². The molecule has 0 aliphatic carbocycles. The number of hydrogen-bond acceptors (Lipinski definition) is 5. The summed E-state index contributed by atoms with van der Waals surface area (Å²) in [7, 11) is 3.21. The third-order valence-corrected chi connectivity index (χ3v) is 2.70. The summed E-state index contributed by atoms with van der Waals surface area (Å²) in [6.45, 7) is 0. The van der Waals surface area contributed by atoms with Crippen molar-refractivity contribution >= 4 is 0 Å². The van der Waals surface area contributed by atoms with Crippen LogP contribution in [-0.2, 0) is 0 Å². The Labute approximate surface area is 106 Å². The monoisotopic (exact) mass is 245 g/mol. The van der Waals surface area contributed by atoms with E-state index in [1.54, 1.807) is 32.5 Å². The summed E-state index contributed by atoms with van der Waals surface area (Å²) in [5.74, 6) is 1.41. The molecule has 5 heteroatoms. The highest BCUT2D eigenvalue weighted by atomic mass is 16.5. The van der Waals surface area contributed by atoms with Crippen LogP contribution in [0.2, 0.25) is 0 Å². The van der Waals surface area contributed by atoms with E-state index in [0.717, 1.165) is 17.0 Å². The zero-order valence-corrected chi connectivity index (χ0v) is 10.3. The molecule has 0 aliphatic heterocycles. The third-order valence-electron chi connectivity index (χ3n) is 2.70. The predicted octanol–water partition coefficient (Wildman–Crippen LogP) is 1.54. The summed E-state index contributed by atoms with van der Waals surface area (Å²) in [6.07, 6.45) is 3.14. The Hall–Kier alpha value is -2.14. The number of nitrogens with two attached hydrogens (primary N) is 1. The summed E-state index contributed by atoms with van der Waals surface area (Å²) in [6, 6.07) is 6.96. The molecule has 94 valence electrons. The maximum absolute atomic E-state index is 6.17. The third kappa shape index (κ3) is 2.41. The van der Waals surface area contributed by atoms with Crippen molar-refractivity contribution in [3.05, 3.63) is 48.0 Å². The van der Waals surface area contributed by atoms with Gasteiger partial charge in [0.25, 0.3) is 0 Å². The van der Waals surface area contributed by atoms with Crippen molar-refractivity contribution in [2.75, 3.05) is 14.2 Å². The molecule has 2 rings (SSSR count). The normalized spacial score (nSPS) is 11.9. The van der Waals surface area contributed by atoms with Gasteiger partial charge in [0.2, 0.25) is 0 Å². The molecule has 0 bridgehead atoms. The van der Waals surface area contributed by atoms with Crippen LogP contribution >= 0.6 is 0 Å². The first-order chi connectivity index (χ1) is 8.76. The number of aromatic nitrogens is 2. The lowest BCUT2D eigenvalue weighted by atomic mass is 10.0. The average Bonchev–Trinajstić information content (AvgIpc) is 2.46. The molecular weight excluding hydrogens is 230 g/mol. The Morgan fingerprint density at radius 3 is 2.61 bits per heavy atom. The highest BCUT2D eigenvalue weighted by Gasteiger charge is 2.15. The second-order valence-electron chi connectivity index (χ2n) is 3.72. The molecule has 1 aromatic carbocycles. The van der Waals surface area contributed by atoms with Gasteiger partial charge in [0.1, 0.15) is 17.8 Å². The molecule has 1 unspecified atom stereocenters. The summed E-state index contributed by atoms with van der Waals surface area (Å²) >= 11 is 0. The zero-order valence-electron chi connectivity index (χ0n) is 10.3. The standard InChI is InChI=1S/C13H15N3O2/c1-17-9-3-4-10(12(7-9)18-2)13(14)11-5-6-15-8-16-11/h3-8,13H,14H2,1-2H3. The molecule has 0 amide bonds. The van der Waals surface area contributed by atoms with Crippen LogP contribution in [-0.4, -0.2) is 24.2 Å². The molecule has 18 heavy (non-hydrogen) atoms. The van der Waals surface area contributed by atoms with Crippen molar-refractivity contribution in [3.63, 3.8) is 0 Å². The highest BCUT2D eigenvalue weighted by Crippen LogP contribution is 2.30. The van der Waals surface area contributed by atoms with E-state index in [0.29, 0.717) is 5.75 Å². The number of ether oxygens (including phenoxy) is 2. The summed E-state index contributed by atoms with van der Waals surface area (Å²) in [4.78, 5) is 8.02. The first kappa shape index (κ1) is 12.3. The molecule has 0 saturated heterocycles. The molecule has 0 saturated carbocycles. The molecule has 0 fully saturated rings. The van der Waals surface area contributed by atoms with Gasteiger partial charge in [-0.2, -0.15) is 0 Å². The van der Waals surface area contributed by atoms with Gasteiger partial charge in [0, 0.05) is 17.8 Å². The molecule has 2 N–H and O–H groups in total. The van der Waals surface area contributed by atoms with Gasteiger partial charge in [0.05, 0.1) is 26.0 Å². The maximum Gasteiger partial charge on any atom is 0.127 e. The molecule has 5 nitrogen and oxygen atoms in total. The van der Waals surface area contributed by atoms with E-state index in [1.165, 1.54) is 6.33 Å². The van der Waals surface area contributed by atoms with Crippen molar-refractivity contribution in [3.8, 4) is 11.5 Å². The van der Waals surface area contributed by atoms with Gasteiger partial charge in [-0.15, -0.1) is 0 Å².